The standard InChI is InChI=1S/C18H15N3O/c1-2-11-5-3-6-13-12(10-20-16(11)13)9-15-14-7-4-8-19-17(14)21-18(15)22/h3-10,20H,2H2,1H3,(H,19,21,22)/b15-9-. The molecule has 0 unspecified atom stereocenters. The summed E-state index contributed by atoms with van der Waals surface area (Å²) in [7, 11) is 0. The van der Waals surface area contributed by atoms with Crippen molar-refractivity contribution in [3.05, 3.63) is 59.4 Å². The fraction of sp³-hybridized carbons (Fsp3) is 0.111. The van der Waals surface area contributed by atoms with Gasteiger partial charge < -0.3 is 10.3 Å². The third-order valence-electron chi connectivity index (χ3n) is 4.09. The predicted molar refractivity (Wildman–Crippen MR) is 88.4 cm³/mol. The number of carbonyl (C=O) groups is 1. The molecule has 3 heterocycles. The highest BCUT2D eigenvalue weighted by Gasteiger charge is 2.25. The van der Waals surface area contributed by atoms with E-state index in [1.807, 2.05) is 24.4 Å². The van der Waals surface area contributed by atoms with Gasteiger partial charge in [-0.1, -0.05) is 25.1 Å². The molecule has 0 fully saturated rings. The van der Waals surface area contributed by atoms with Crippen LogP contribution in [0.3, 0.4) is 0 Å². The Morgan fingerprint density at radius 1 is 1.23 bits per heavy atom. The van der Waals surface area contributed by atoms with Gasteiger partial charge in [-0.2, -0.15) is 0 Å². The Hall–Kier alpha value is -2.88. The molecule has 2 N–H and O–H groups in total. The van der Waals surface area contributed by atoms with Crippen LogP contribution >= 0.6 is 0 Å². The molecule has 1 amide bonds. The van der Waals surface area contributed by atoms with Gasteiger partial charge >= 0.3 is 0 Å². The highest BCUT2D eigenvalue weighted by molar-refractivity contribution is 6.34. The molecule has 22 heavy (non-hydrogen) atoms. The topological polar surface area (TPSA) is 57.8 Å². The Bertz CT molecular complexity index is 921. The third-order valence-corrected chi connectivity index (χ3v) is 4.09. The first-order valence-corrected chi connectivity index (χ1v) is 7.35. The number of para-hydroxylation sites is 1. The van der Waals surface area contributed by atoms with Crippen LogP contribution in [0.25, 0.3) is 22.6 Å². The van der Waals surface area contributed by atoms with Crippen LogP contribution in [-0.4, -0.2) is 15.9 Å². The van der Waals surface area contributed by atoms with Crippen LogP contribution in [0.5, 0.6) is 0 Å². The van der Waals surface area contributed by atoms with Gasteiger partial charge in [0.15, 0.2) is 0 Å². The third kappa shape index (κ3) is 1.84. The molecule has 0 bridgehead atoms. The first-order chi connectivity index (χ1) is 10.8. The van der Waals surface area contributed by atoms with Crippen molar-refractivity contribution in [3.63, 3.8) is 0 Å². The summed E-state index contributed by atoms with van der Waals surface area (Å²) in [5.41, 5.74) is 4.95. The van der Waals surface area contributed by atoms with E-state index in [1.54, 1.807) is 6.20 Å². The molecule has 0 atom stereocenters. The van der Waals surface area contributed by atoms with Gasteiger partial charge in [-0.3, -0.25) is 4.79 Å². The van der Waals surface area contributed by atoms with E-state index in [0.29, 0.717) is 11.4 Å². The zero-order valence-electron chi connectivity index (χ0n) is 12.2. The lowest BCUT2D eigenvalue weighted by Gasteiger charge is -2.00. The van der Waals surface area contributed by atoms with Crippen molar-refractivity contribution >= 4 is 34.3 Å². The monoisotopic (exact) mass is 289 g/mol. The Balaban J connectivity index is 1.89. The summed E-state index contributed by atoms with van der Waals surface area (Å²) >= 11 is 0. The summed E-state index contributed by atoms with van der Waals surface area (Å²) in [6.45, 7) is 2.14. The second kappa shape index (κ2) is 4.84. The molecule has 1 aromatic carbocycles. The molecule has 4 rings (SSSR count). The minimum atomic E-state index is -0.102. The average molecular weight is 289 g/mol. The number of aryl methyl sites for hydroxylation is 1. The van der Waals surface area contributed by atoms with Crippen LogP contribution < -0.4 is 5.32 Å². The number of rotatable bonds is 2. The molecular weight excluding hydrogens is 274 g/mol. The number of hydrogen-bond donors (Lipinski definition) is 2. The lowest BCUT2D eigenvalue weighted by Crippen LogP contribution is -2.04. The molecule has 1 aliphatic rings. The Morgan fingerprint density at radius 3 is 3.00 bits per heavy atom. The number of aromatic amines is 1. The van der Waals surface area contributed by atoms with E-state index in [1.165, 1.54) is 5.56 Å². The molecule has 1 aliphatic heterocycles. The van der Waals surface area contributed by atoms with E-state index in [0.717, 1.165) is 28.5 Å². The molecule has 4 heteroatoms. The van der Waals surface area contributed by atoms with Crippen molar-refractivity contribution in [2.75, 3.05) is 5.32 Å². The molecule has 4 nitrogen and oxygen atoms in total. The van der Waals surface area contributed by atoms with Gasteiger partial charge in [-0.25, -0.2) is 4.98 Å². The van der Waals surface area contributed by atoms with Crippen LogP contribution in [0.15, 0.2) is 42.7 Å². The number of carbonyl (C=O) groups excluding carboxylic acids is 1. The fourth-order valence-corrected chi connectivity index (χ4v) is 2.97. The van der Waals surface area contributed by atoms with E-state index in [4.69, 9.17) is 0 Å². The van der Waals surface area contributed by atoms with E-state index < -0.39 is 0 Å². The number of pyridine rings is 1. The minimum absolute atomic E-state index is 0.102. The van der Waals surface area contributed by atoms with E-state index in [2.05, 4.69) is 40.4 Å². The highest BCUT2D eigenvalue weighted by atomic mass is 16.2. The van der Waals surface area contributed by atoms with Crippen molar-refractivity contribution in [2.45, 2.75) is 13.3 Å². The average Bonchev–Trinajstić information content (AvgIpc) is 3.09. The molecule has 0 spiro atoms. The van der Waals surface area contributed by atoms with Crippen molar-refractivity contribution in [1.29, 1.82) is 0 Å². The summed E-state index contributed by atoms with van der Waals surface area (Å²) < 4.78 is 0. The molecule has 2 aromatic heterocycles. The number of H-pyrrole nitrogens is 1. The van der Waals surface area contributed by atoms with Gasteiger partial charge in [-0.05, 0) is 30.2 Å². The number of hydrogen-bond acceptors (Lipinski definition) is 2. The molecule has 108 valence electrons. The smallest absolute Gasteiger partial charge is 0.257 e. The summed E-state index contributed by atoms with van der Waals surface area (Å²) in [6, 6.07) is 10.0. The minimum Gasteiger partial charge on any atom is -0.360 e. The van der Waals surface area contributed by atoms with E-state index in [9.17, 15) is 4.79 Å². The van der Waals surface area contributed by atoms with Crippen LogP contribution in [0, 0.1) is 0 Å². The molecule has 0 radical (unpaired) electrons. The summed E-state index contributed by atoms with van der Waals surface area (Å²) in [5, 5.41) is 3.94. The summed E-state index contributed by atoms with van der Waals surface area (Å²) in [5.74, 6) is 0.530. The highest BCUT2D eigenvalue weighted by Crippen LogP contribution is 2.33. The van der Waals surface area contributed by atoms with Crippen LogP contribution in [0.2, 0.25) is 0 Å². The zero-order chi connectivity index (χ0) is 15.1. The van der Waals surface area contributed by atoms with Crippen LogP contribution in [0.4, 0.5) is 5.82 Å². The largest absolute Gasteiger partial charge is 0.360 e. The Labute approximate surface area is 127 Å². The van der Waals surface area contributed by atoms with E-state index in [-0.39, 0.29) is 5.91 Å². The molecular formula is C18H15N3O. The number of nitrogens with one attached hydrogen (secondary N) is 2. The quantitative estimate of drug-likeness (QED) is 0.708. The summed E-state index contributed by atoms with van der Waals surface area (Å²) in [6.07, 6.45) is 6.54. The van der Waals surface area contributed by atoms with Crippen molar-refractivity contribution in [1.82, 2.24) is 9.97 Å². The lowest BCUT2D eigenvalue weighted by molar-refractivity contribution is -0.110. The first kappa shape index (κ1) is 12.8. The first-order valence-electron chi connectivity index (χ1n) is 7.35. The molecule has 0 saturated carbocycles. The maximum atomic E-state index is 12.2. The SMILES string of the molecule is CCc1cccc2c(/C=C3\C(=O)Nc4ncccc43)c[nH]c12. The number of fused-ring (bicyclic) bond motifs is 2. The maximum absolute atomic E-state index is 12.2. The normalized spacial score (nSPS) is 15.3. The molecule has 3 aromatic rings. The van der Waals surface area contributed by atoms with E-state index >= 15 is 0 Å². The van der Waals surface area contributed by atoms with Gasteiger partial charge in [0.1, 0.15) is 5.82 Å². The zero-order valence-corrected chi connectivity index (χ0v) is 12.2. The van der Waals surface area contributed by atoms with Crippen molar-refractivity contribution < 1.29 is 4.79 Å². The maximum Gasteiger partial charge on any atom is 0.257 e. The van der Waals surface area contributed by atoms with Crippen molar-refractivity contribution in [2.24, 2.45) is 0 Å². The van der Waals surface area contributed by atoms with Gasteiger partial charge in [0.2, 0.25) is 0 Å². The van der Waals surface area contributed by atoms with Crippen molar-refractivity contribution in [3.8, 4) is 0 Å². The lowest BCUT2D eigenvalue weighted by atomic mass is 10.0. The van der Waals surface area contributed by atoms with Gasteiger partial charge in [0, 0.05) is 34.4 Å². The number of aromatic nitrogens is 2. The van der Waals surface area contributed by atoms with Gasteiger partial charge in [0.25, 0.3) is 5.91 Å². The second-order valence-electron chi connectivity index (χ2n) is 5.35. The molecule has 0 saturated heterocycles. The Kier molecular flexibility index (Phi) is 2.82. The van der Waals surface area contributed by atoms with Gasteiger partial charge in [-0.15, -0.1) is 0 Å². The molecule has 0 aliphatic carbocycles. The Morgan fingerprint density at radius 2 is 2.14 bits per heavy atom. The summed E-state index contributed by atoms with van der Waals surface area (Å²) in [4.78, 5) is 19.7. The fourth-order valence-electron chi connectivity index (χ4n) is 2.97. The predicted octanol–water partition coefficient (Wildman–Crippen LogP) is 3.62. The number of benzene rings is 1. The van der Waals surface area contributed by atoms with Crippen LogP contribution in [0.1, 0.15) is 23.6 Å². The number of anilines is 1. The second-order valence-corrected chi connectivity index (χ2v) is 5.35. The van der Waals surface area contributed by atoms with Gasteiger partial charge in [0.05, 0.1) is 5.57 Å². The number of amides is 1. The number of nitrogens with zero attached hydrogens (tertiary/aromatic N) is 1. The van der Waals surface area contributed by atoms with Crippen LogP contribution in [-0.2, 0) is 11.2 Å².